The number of hydrogen-bond donors (Lipinski definition) is 1. The Kier molecular flexibility index (Phi) is 8.07. The number of benzene rings is 9. The molecule has 0 saturated carbocycles. The van der Waals surface area contributed by atoms with Crippen LogP contribution in [0.25, 0.3) is 105 Å². The zero-order valence-electron chi connectivity index (χ0n) is 38.7. The normalized spacial score (nSPS) is 13.6. The van der Waals surface area contributed by atoms with Crippen molar-refractivity contribution in [2.75, 3.05) is 5.32 Å². The molecule has 3 aromatic heterocycles. The molecule has 1 radical (unpaired) electrons. The molecule has 0 bridgehead atoms. The van der Waals surface area contributed by atoms with Gasteiger partial charge in [0.25, 0.3) is 0 Å². The fraction of sp³-hybridized carbons (Fsp3) is 0.111. The monoisotopic (exact) mass is 873 g/mol. The molecule has 0 amide bonds. The minimum Gasteiger partial charge on any atom is -0.456 e. The molecule has 323 valence electrons. The maximum absolute atomic E-state index is 7.02. The Morgan fingerprint density at radius 2 is 1.18 bits per heavy atom. The predicted molar refractivity (Wildman–Crippen MR) is 285 cm³/mol. The molecule has 0 unspecified atom stereocenters. The first kappa shape index (κ1) is 39.2. The highest BCUT2D eigenvalue weighted by atomic mass is 16.3. The van der Waals surface area contributed by atoms with Gasteiger partial charge in [-0.1, -0.05) is 174 Å². The van der Waals surface area contributed by atoms with Crippen LogP contribution in [0.15, 0.2) is 191 Å². The molecule has 12 aromatic rings. The minimum atomic E-state index is -0.164. The lowest BCUT2D eigenvalue weighted by Gasteiger charge is -2.25. The Labute approximate surface area is 395 Å². The molecule has 5 heteroatoms. The van der Waals surface area contributed by atoms with E-state index >= 15 is 0 Å². The number of para-hydroxylation sites is 1. The summed E-state index contributed by atoms with van der Waals surface area (Å²) in [6.45, 7) is 11.5. The van der Waals surface area contributed by atoms with E-state index < -0.39 is 0 Å². The van der Waals surface area contributed by atoms with E-state index in [0.29, 0.717) is 0 Å². The lowest BCUT2D eigenvalue weighted by Crippen LogP contribution is -2.37. The first-order valence-corrected chi connectivity index (χ1v) is 23.7. The Hall–Kier alpha value is -8.02. The van der Waals surface area contributed by atoms with Gasteiger partial charge in [-0.05, 0) is 86.7 Å². The summed E-state index contributed by atoms with van der Waals surface area (Å²) in [7, 11) is 2.43. The van der Waals surface area contributed by atoms with Crippen molar-refractivity contribution in [3.8, 4) is 50.6 Å². The summed E-state index contributed by atoms with van der Waals surface area (Å²) in [4.78, 5) is 0. The Balaban J connectivity index is 1.07. The molecule has 1 aliphatic heterocycles. The minimum absolute atomic E-state index is 0.0474. The van der Waals surface area contributed by atoms with E-state index in [0.717, 1.165) is 89.0 Å². The molecule has 4 nitrogen and oxygen atoms in total. The van der Waals surface area contributed by atoms with Gasteiger partial charge in [0.1, 0.15) is 22.7 Å². The average molecular weight is 874 g/mol. The van der Waals surface area contributed by atoms with Gasteiger partial charge in [-0.2, -0.15) is 0 Å². The molecule has 1 N–H and O–H groups in total. The molecule has 9 aromatic carbocycles. The molecule has 2 aliphatic rings. The third-order valence-corrected chi connectivity index (χ3v) is 15.0. The van der Waals surface area contributed by atoms with Crippen molar-refractivity contribution >= 4 is 84.1 Å². The number of nitrogens with one attached hydrogen (secondary N) is 1. The zero-order chi connectivity index (χ0) is 45.6. The van der Waals surface area contributed by atoms with Gasteiger partial charge in [0.15, 0.2) is 7.28 Å². The van der Waals surface area contributed by atoms with Crippen LogP contribution in [-0.2, 0) is 10.8 Å². The van der Waals surface area contributed by atoms with Crippen LogP contribution in [0.1, 0.15) is 51.3 Å². The van der Waals surface area contributed by atoms with Crippen molar-refractivity contribution < 1.29 is 8.83 Å². The number of furan rings is 2. The van der Waals surface area contributed by atoms with Crippen molar-refractivity contribution in [3.63, 3.8) is 0 Å². The number of aromatic nitrogens is 1. The van der Waals surface area contributed by atoms with Gasteiger partial charge in [-0.15, -0.1) is 0 Å². The maximum atomic E-state index is 7.02. The van der Waals surface area contributed by atoms with E-state index in [4.69, 9.17) is 8.83 Å². The molecule has 0 fully saturated rings. The molecule has 0 spiro atoms. The van der Waals surface area contributed by atoms with Crippen molar-refractivity contribution in [2.24, 2.45) is 0 Å². The van der Waals surface area contributed by atoms with Gasteiger partial charge < -0.3 is 18.7 Å². The largest absolute Gasteiger partial charge is 0.456 e. The van der Waals surface area contributed by atoms with Crippen molar-refractivity contribution in [1.82, 2.24) is 4.57 Å². The molecule has 1 aliphatic carbocycles. The summed E-state index contributed by atoms with van der Waals surface area (Å²) in [5.41, 5.74) is 20.5. The lowest BCUT2D eigenvalue weighted by atomic mass is 9.58. The van der Waals surface area contributed by atoms with Crippen molar-refractivity contribution in [3.05, 3.63) is 199 Å². The van der Waals surface area contributed by atoms with Crippen LogP contribution in [0.2, 0.25) is 0 Å². The molecule has 0 atom stereocenters. The van der Waals surface area contributed by atoms with E-state index in [1.807, 2.05) is 6.07 Å². The zero-order valence-corrected chi connectivity index (χ0v) is 38.7. The van der Waals surface area contributed by atoms with Gasteiger partial charge in [-0.3, -0.25) is 0 Å². The fourth-order valence-electron chi connectivity index (χ4n) is 11.5. The van der Waals surface area contributed by atoms with Gasteiger partial charge in [0.05, 0.1) is 11.2 Å². The number of nitrogens with zero attached hydrogens (tertiary/aromatic N) is 1. The van der Waals surface area contributed by atoms with Crippen molar-refractivity contribution in [1.29, 1.82) is 0 Å². The number of hydrogen-bond acceptors (Lipinski definition) is 3. The molecule has 68 heavy (non-hydrogen) atoms. The SMILES string of the molecule is CC(C)(C)c1ccc(Nc2cc3oc4ccccc4c3cc2-c2ccc3c4cc5c(cc4n4c3c2[B]c2cc3c(-c6ccccc6)oc(-c6ccccc6)c3cc2-4)C(C)(C)c2ccccc2-5)cc1. The smallest absolute Gasteiger partial charge is 0.197 e. The standard InChI is InChI=1S/C63H46BN2O2/c1-62(2,3)38-24-26-39(27-25-38)65-53-35-57-47(41-21-13-15-23-56(41)67-57)31-45(53)42-28-29-43-46-30-44-40-20-12-14-22-50(40)63(4,5)51(44)34-54(46)66-55-33-49-48(32-52(55)64-58(42)59(43)66)60(36-16-8-6-9-17-36)68-61(49)37-18-10-7-11-19-37/h6-35,65H,1-5H3. The van der Waals surface area contributed by atoms with Crippen LogP contribution < -0.4 is 16.2 Å². The second kappa shape index (κ2) is 14.0. The summed E-state index contributed by atoms with van der Waals surface area (Å²) < 4.78 is 16.2. The summed E-state index contributed by atoms with van der Waals surface area (Å²) in [5, 5.41) is 10.7. The second-order valence-corrected chi connectivity index (χ2v) is 20.4. The van der Waals surface area contributed by atoms with E-state index in [9.17, 15) is 0 Å². The first-order valence-electron chi connectivity index (χ1n) is 23.7. The van der Waals surface area contributed by atoms with E-state index in [1.165, 1.54) is 55.1 Å². The summed E-state index contributed by atoms with van der Waals surface area (Å²) in [6.07, 6.45) is 0. The van der Waals surface area contributed by atoms with Crippen LogP contribution in [0.4, 0.5) is 11.4 Å². The van der Waals surface area contributed by atoms with Crippen LogP contribution in [-0.4, -0.2) is 11.8 Å². The Bertz CT molecular complexity index is 4070. The number of anilines is 2. The molecule has 14 rings (SSSR count). The molecular weight excluding hydrogens is 828 g/mol. The lowest BCUT2D eigenvalue weighted by molar-refractivity contribution is 0.590. The van der Waals surface area contributed by atoms with Gasteiger partial charge in [0.2, 0.25) is 0 Å². The van der Waals surface area contributed by atoms with Crippen LogP contribution in [0, 0.1) is 0 Å². The molecular formula is C63H46BN2O2. The Morgan fingerprint density at radius 3 is 1.93 bits per heavy atom. The Morgan fingerprint density at radius 1 is 0.500 bits per heavy atom. The first-order chi connectivity index (χ1) is 33.1. The fourth-order valence-corrected chi connectivity index (χ4v) is 11.5. The highest BCUT2D eigenvalue weighted by Crippen LogP contribution is 2.52. The number of fused-ring (bicyclic) bond motifs is 12. The highest BCUT2D eigenvalue weighted by molar-refractivity contribution is 6.73. The van der Waals surface area contributed by atoms with Crippen LogP contribution >= 0.6 is 0 Å². The van der Waals surface area contributed by atoms with Gasteiger partial charge in [0, 0.05) is 77.4 Å². The van der Waals surface area contributed by atoms with Gasteiger partial charge >= 0.3 is 0 Å². The highest BCUT2D eigenvalue weighted by Gasteiger charge is 2.37. The summed E-state index contributed by atoms with van der Waals surface area (Å²) >= 11 is 0. The van der Waals surface area contributed by atoms with Crippen LogP contribution in [0.5, 0.6) is 0 Å². The van der Waals surface area contributed by atoms with E-state index in [2.05, 4.69) is 228 Å². The number of rotatable bonds is 5. The summed E-state index contributed by atoms with van der Waals surface area (Å²) in [5.74, 6) is 1.75. The predicted octanol–water partition coefficient (Wildman–Crippen LogP) is 15.7. The second-order valence-electron chi connectivity index (χ2n) is 20.4. The van der Waals surface area contributed by atoms with E-state index in [1.54, 1.807) is 0 Å². The van der Waals surface area contributed by atoms with E-state index in [-0.39, 0.29) is 10.8 Å². The quantitative estimate of drug-likeness (QED) is 0.175. The topological polar surface area (TPSA) is 43.2 Å². The van der Waals surface area contributed by atoms with Crippen LogP contribution in [0.3, 0.4) is 0 Å². The molecule has 0 saturated heterocycles. The maximum Gasteiger partial charge on any atom is 0.197 e. The third-order valence-electron chi connectivity index (χ3n) is 15.0. The third kappa shape index (κ3) is 5.62. The average Bonchev–Trinajstić information content (AvgIpc) is 4.08. The molecule has 4 heterocycles. The summed E-state index contributed by atoms with van der Waals surface area (Å²) in [6, 6.07) is 66.3. The van der Waals surface area contributed by atoms with Gasteiger partial charge in [-0.25, -0.2) is 0 Å². The van der Waals surface area contributed by atoms with Crippen molar-refractivity contribution in [2.45, 2.75) is 45.4 Å².